The molecule has 1 rings (SSSR count). The van der Waals surface area contributed by atoms with Gasteiger partial charge in [0.1, 0.15) is 11.5 Å². The lowest BCUT2D eigenvalue weighted by atomic mass is 9.95. The Hall–Kier alpha value is -1.15. The minimum absolute atomic E-state index is 0.271. The number of alkyl halides is 1. The second-order valence-electron chi connectivity index (χ2n) is 4.44. The Kier molecular flexibility index (Phi) is 4.47. The van der Waals surface area contributed by atoms with Gasteiger partial charge in [-0.05, 0) is 50.8 Å². The summed E-state index contributed by atoms with van der Waals surface area (Å²) in [4.78, 5) is 0. The predicted molar refractivity (Wildman–Crippen MR) is 72.2 cm³/mol. The molecule has 3 heteroatoms. The van der Waals surface area contributed by atoms with Crippen LogP contribution >= 0.6 is 11.6 Å². The van der Waals surface area contributed by atoms with Gasteiger partial charge in [0.25, 0.3) is 0 Å². The Bertz CT molecular complexity index is 433. The number of aromatic hydroxyl groups is 2. The van der Waals surface area contributed by atoms with Crippen molar-refractivity contribution in [1.29, 1.82) is 0 Å². The molecule has 0 radical (unpaired) electrons. The van der Waals surface area contributed by atoms with Crippen LogP contribution in [-0.2, 0) is 6.42 Å². The zero-order valence-electron chi connectivity index (χ0n) is 10.8. The normalized spacial score (nSPS) is 11.9. The average molecular weight is 255 g/mol. The fourth-order valence-corrected chi connectivity index (χ4v) is 1.87. The van der Waals surface area contributed by atoms with Crippen molar-refractivity contribution in [2.24, 2.45) is 0 Å². The van der Waals surface area contributed by atoms with Crippen molar-refractivity contribution < 1.29 is 10.2 Å². The Balaban J connectivity index is 3.25. The van der Waals surface area contributed by atoms with E-state index >= 15 is 0 Å². The van der Waals surface area contributed by atoms with Crippen molar-refractivity contribution in [3.05, 3.63) is 33.9 Å². The number of benzene rings is 1. The van der Waals surface area contributed by atoms with E-state index in [4.69, 9.17) is 11.6 Å². The highest BCUT2D eigenvalue weighted by atomic mass is 35.5. The summed E-state index contributed by atoms with van der Waals surface area (Å²) in [5.74, 6) is 1.03. The van der Waals surface area contributed by atoms with Crippen molar-refractivity contribution in [3.63, 3.8) is 0 Å². The van der Waals surface area contributed by atoms with E-state index in [1.807, 2.05) is 26.8 Å². The summed E-state index contributed by atoms with van der Waals surface area (Å²) in [6, 6.07) is 0. The summed E-state index contributed by atoms with van der Waals surface area (Å²) in [5, 5.41) is 20.1. The number of halogens is 1. The molecular formula is C14H19ClO2. The van der Waals surface area contributed by atoms with E-state index in [0.29, 0.717) is 12.3 Å². The molecule has 2 nitrogen and oxygen atoms in total. The third-order valence-corrected chi connectivity index (χ3v) is 3.65. The molecule has 0 spiro atoms. The molecule has 0 aliphatic heterocycles. The van der Waals surface area contributed by atoms with E-state index < -0.39 is 0 Å². The number of phenols is 2. The molecule has 0 fully saturated rings. The third-order valence-electron chi connectivity index (χ3n) is 3.23. The largest absolute Gasteiger partial charge is 0.507 e. The van der Waals surface area contributed by atoms with Crippen LogP contribution < -0.4 is 0 Å². The lowest BCUT2D eigenvalue weighted by molar-refractivity contribution is 0.444. The second kappa shape index (κ2) is 5.46. The summed E-state index contributed by atoms with van der Waals surface area (Å²) in [5.41, 5.74) is 4.05. The molecule has 0 saturated heterocycles. The van der Waals surface area contributed by atoms with Crippen LogP contribution in [0.25, 0.3) is 0 Å². The highest BCUT2D eigenvalue weighted by molar-refractivity contribution is 6.19. The van der Waals surface area contributed by atoms with Crippen molar-refractivity contribution in [1.82, 2.24) is 0 Å². The second-order valence-corrected chi connectivity index (χ2v) is 4.71. The van der Waals surface area contributed by atoms with E-state index in [1.54, 1.807) is 6.92 Å². The van der Waals surface area contributed by atoms with Gasteiger partial charge in [-0.15, -0.1) is 11.6 Å². The molecule has 1 aromatic carbocycles. The molecule has 0 aliphatic carbocycles. The van der Waals surface area contributed by atoms with Gasteiger partial charge in [0.2, 0.25) is 0 Å². The molecular weight excluding hydrogens is 236 g/mol. The lowest BCUT2D eigenvalue weighted by Gasteiger charge is -2.15. The van der Waals surface area contributed by atoms with Crippen LogP contribution in [0.2, 0.25) is 0 Å². The Morgan fingerprint density at radius 2 is 1.59 bits per heavy atom. The predicted octanol–water partition coefficient (Wildman–Crippen LogP) is 3.75. The third kappa shape index (κ3) is 2.75. The molecule has 0 atom stereocenters. The standard InChI is InChI=1S/C14H19ClO2/c1-8(7-15)5-6-12-11(4)13(16)9(2)10(3)14(12)17/h5,16-17H,6-7H2,1-4H3. The molecule has 94 valence electrons. The van der Waals surface area contributed by atoms with Crippen LogP contribution in [0.1, 0.15) is 29.2 Å². The molecule has 0 saturated carbocycles. The molecule has 1 aromatic rings. The Labute approximate surface area is 108 Å². The Morgan fingerprint density at radius 3 is 2.12 bits per heavy atom. The monoisotopic (exact) mass is 254 g/mol. The van der Waals surface area contributed by atoms with Gasteiger partial charge in [-0.2, -0.15) is 0 Å². The summed E-state index contributed by atoms with van der Waals surface area (Å²) < 4.78 is 0. The zero-order chi connectivity index (χ0) is 13.2. The van der Waals surface area contributed by atoms with Crippen LogP contribution in [0.4, 0.5) is 0 Å². The molecule has 2 N–H and O–H groups in total. The summed E-state index contributed by atoms with van der Waals surface area (Å²) in [7, 11) is 0. The quantitative estimate of drug-likeness (QED) is 0.490. The van der Waals surface area contributed by atoms with E-state index in [-0.39, 0.29) is 11.5 Å². The first-order valence-electron chi connectivity index (χ1n) is 5.62. The van der Waals surface area contributed by atoms with Crippen LogP contribution in [-0.4, -0.2) is 16.1 Å². The van der Waals surface area contributed by atoms with E-state index in [2.05, 4.69) is 0 Å². The zero-order valence-corrected chi connectivity index (χ0v) is 11.5. The average Bonchev–Trinajstić information content (AvgIpc) is 2.33. The summed E-state index contributed by atoms with van der Waals surface area (Å²) >= 11 is 5.71. The van der Waals surface area contributed by atoms with Gasteiger partial charge in [0, 0.05) is 11.4 Å². The molecule has 0 aliphatic rings. The summed E-state index contributed by atoms with van der Waals surface area (Å²) in [6.07, 6.45) is 2.56. The Morgan fingerprint density at radius 1 is 1.06 bits per heavy atom. The first-order valence-corrected chi connectivity index (χ1v) is 6.15. The number of rotatable bonds is 3. The highest BCUT2D eigenvalue weighted by Crippen LogP contribution is 2.36. The van der Waals surface area contributed by atoms with Crippen molar-refractivity contribution >= 4 is 11.6 Å². The maximum Gasteiger partial charge on any atom is 0.122 e. The van der Waals surface area contributed by atoms with Crippen molar-refractivity contribution in [2.45, 2.75) is 34.1 Å². The number of hydrogen-bond donors (Lipinski definition) is 2. The maximum absolute atomic E-state index is 10.1. The lowest BCUT2D eigenvalue weighted by Crippen LogP contribution is -1.96. The molecule has 17 heavy (non-hydrogen) atoms. The summed E-state index contributed by atoms with van der Waals surface area (Å²) in [6.45, 7) is 7.38. The van der Waals surface area contributed by atoms with Gasteiger partial charge < -0.3 is 10.2 Å². The number of phenolic OH excluding ortho intramolecular Hbond substituents is 2. The number of allylic oxidation sites excluding steroid dienone is 2. The van der Waals surface area contributed by atoms with Gasteiger partial charge in [0.15, 0.2) is 0 Å². The van der Waals surface area contributed by atoms with Gasteiger partial charge in [-0.3, -0.25) is 0 Å². The molecule has 0 amide bonds. The molecule has 0 bridgehead atoms. The SMILES string of the molecule is CC(=CCc1c(C)c(O)c(C)c(C)c1O)CCl. The minimum Gasteiger partial charge on any atom is -0.507 e. The molecule has 0 aromatic heterocycles. The first kappa shape index (κ1) is 13.9. The topological polar surface area (TPSA) is 40.5 Å². The minimum atomic E-state index is 0.271. The van der Waals surface area contributed by atoms with Crippen LogP contribution in [0.5, 0.6) is 11.5 Å². The maximum atomic E-state index is 10.1. The molecule has 0 heterocycles. The van der Waals surface area contributed by atoms with E-state index in [9.17, 15) is 10.2 Å². The van der Waals surface area contributed by atoms with Crippen LogP contribution in [0.3, 0.4) is 0 Å². The van der Waals surface area contributed by atoms with E-state index in [1.165, 1.54) is 0 Å². The van der Waals surface area contributed by atoms with Gasteiger partial charge in [0.05, 0.1) is 0 Å². The van der Waals surface area contributed by atoms with Gasteiger partial charge in [-0.1, -0.05) is 11.6 Å². The highest BCUT2D eigenvalue weighted by Gasteiger charge is 2.15. The fourth-order valence-electron chi connectivity index (χ4n) is 1.76. The van der Waals surface area contributed by atoms with Crippen molar-refractivity contribution in [3.8, 4) is 11.5 Å². The van der Waals surface area contributed by atoms with Gasteiger partial charge >= 0.3 is 0 Å². The molecule has 0 unspecified atom stereocenters. The van der Waals surface area contributed by atoms with Gasteiger partial charge in [-0.25, -0.2) is 0 Å². The van der Waals surface area contributed by atoms with Crippen molar-refractivity contribution in [2.75, 3.05) is 5.88 Å². The fraction of sp³-hybridized carbons (Fsp3) is 0.429. The number of hydrogen-bond acceptors (Lipinski definition) is 2. The smallest absolute Gasteiger partial charge is 0.122 e. The van der Waals surface area contributed by atoms with Crippen LogP contribution in [0.15, 0.2) is 11.6 Å². The van der Waals surface area contributed by atoms with E-state index in [0.717, 1.165) is 27.8 Å². The first-order chi connectivity index (χ1) is 7.90. The van der Waals surface area contributed by atoms with Crippen LogP contribution in [0, 0.1) is 20.8 Å².